The number of hydrogen-bond donors (Lipinski definition) is 0. The van der Waals surface area contributed by atoms with E-state index in [2.05, 4.69) is 56.3 Å². The Morgan fingerprint density at radius 1 is 1.62 bits per heavy atom. The monoisotopic (exact) mass is 220 g/mol. The summed E-state index contributed by atoms with van der Waals surface area (Å²) in [5.74, 6) is 0.661. The van der Waals surface area contributed by atoms with E-state index in [1.807, 2.05) is 0 Å². The highest BCUT2D eigenvalue weighted by atomic mass is 15.4. The van der Waals surface area contributed by atoms with Crippen LogP contribution in [0.15, 0.2) is 24.3 Å². The highest BCUT2D eigenvalue weighted by Crippen LogP contribution is 2.41. The smallest absolute Gasteiger partial charge is 0.0818 e. The van der Waals surface area contributed by atoms with Crippen molar-refractivity contribution in [2.75, 3.05) is 20.1 Å². The Morgan fingerprint density at radius 2 is 2.31 bits per heavy atom. The average Bonchev–Trinajstić information content (AvgIpc) is 2.51. The standard InChI is InChI=1S/C14H24N2/c1-6-13-15(5)10-14(7-2)12(4)8-11(3)9-16(13)14/h6,8,11,13H,1,7,9-10H2,2-5H3. The largest absolute Gasteiger partial charge is 0.285 e. The van der Waals surface area contributed by atoms with Gasteiger partial charge >= 0.3 is 0 Å². The minimum absolute atomic E-state index is 0.264. The number of nitrogens with zero attached hydrogens (tertiary/aromatic N) is 2. The summed E-state index contributed by atoms with van der Waals surface area (Å²) < 4.78 is 0. The van der Waals surface area contributed by atoms with Crippen LogP contribution in [0, 0.1) is 5.92 Å². The van der Waals surface area contributed by atoms with E-state index in [0.29, 0.717) is 12.1 Å². The molecule has 2 heterocycles. The lowest BCUT2D eigenvalue weighted by atomic mass is 9.81. The number of fused-ring (bicyclic) bond motifs is 1. The zero-order valence-corrected chi connectivity index (χ0v) is 11.0. The van der Waals surface area contributed by atoms with Crippen LogP contribution in [-0.2, 0) is 0 Å². The maximum Gasteiger partial charge on any atom is 0.0818 e. The molecule has 0 aromatic carbocycles. The van der Waals surface area contributed by atoms with Crippen LogP contribution in [0.25, 0.3) is 0 Å². The van der Waals surface area contributed by atoms with E-state index in [9.17, 15) is 0 Å². The Bertz CT molecular complexity index is 321. The van der Waals surface area contributed by atoms with Crippen LogP contribution in [0.4, 0.5) is 0 Å². The van der Waals surface area contributed by atoms with Gasteiger partial charge in [-0.15, -0.1) is 6.58 Å². The lowest BCUT2D eigenvalue weighted by molar-refractivity contribution is 0.107. The van der Waals surface area contributed by atoms with Crippen LogP contribution in [0.2, 0.25) is 0 Å². The van der Waals surface area contributed by atoms with Crippen molar-refractivity contribution in [3.05, 3.63) is 24.3 Å². The highest BCUT2D eigenvalue weighted by molar-refractivity contribution is 5.28. The van der Waals surface area contributed by atoms with E-state index in [0.717, 1.165) is 13.1 Å². The average molecular weight is 220 g/mol. The fourth-order valence-electron chi connectivity index (χ4n) is 3.57. The first-order valence-electron chi connectivity index (χ1n) is 6.33. The van der Waals surface area contributed by atoms with Crippen molar-refractivity contribution in [2.45, 2.75) is 38.9 Å². The molecule has 2 nitrogen and oxygen atoms in total. The molecule has 2 aliphatic heterocycles. The van der Waals surface area contributed by atoms with Gasteiger partial charge in [0.05, 0.1) is 11.7 Å². The highest BCUT2D eigenvalue weighted by Gasteiger charge is 2.49. The third-order valence-corrected chi connectivity index (χ3v) is 4.38. The molecule has 0 radical (unpaired) electrons. The number of rotatable bonds is 2. The van der Waals surface area contributed by atoms with E-state index < -0.39 is 0 Å². The van der Waals surface area contributed by atoms with Crippen LogP contribution in [0.5, 0.6) is 0 Å². The molecule has 1 fully saturated rings. The number of likely N-dealkylation sites (N-methyl/N-ethyl adjacent to an activating group) is 1. The van der Waals surface area contributed by atoms with Gasteiger partial charge in [0.15, 0.2) is 0 Å². The summed E-state index contributed by atoms with van der Waals surface area (Å²) >= 11 is 0. The molecule has 0 amide bonds. The molecule has 3 atom stereocenters. The maximum atomic E-state index is 4.00. The first-order valence-corrected chi connectivity index (χ1v) is 6.33. The van der Waals surface area contributed by atoms with Crippen molar-refractivity contribution in [1.82, 2.24) is 9.80 Å². The van der Waals surface area contributed by atoms with Crippen LogP contribution in [-0.4, -0.2) is 41.6 Å². The summed E-state index contributed by atoms with van der Waals surface area (Å²) in [5, 5.41) is 0. The van der Waals surface area contributed by atoms with Gasteiger partial charge in [-0.3, -0.25) is 9.80 Å². The van der Waals surface area contributed by atoms with Gasteiger partial charge < -0.3 is 0 Å². The first-order chi connectivity index (χ1) is 7.55. The minimum Gasteiger partial charge on any atom is -0.285 e. The fraction of sp³-hybridized carbons (Fsp3) is 0.714. The second kappa shape index (κ2) is 4.01. The summed E-state index contributed by atoms with van der Waals surface area (Å²) in [4.78, 5) is 5.06. The SMILES string of the molecule is C=CC1N(C)CC2(CC)C(C)=CC(C)CN12. The molecule has 0 N–H and O–H groups in total. The van der Waals surface area contributed by atoms with Gasteiger partial charge in [0, 0.05) is 13.1 Å². The molecule has 2 heteroatoms. The predicted molar refractivity (Wildman–Crippen MR) is 69.3 cm³/mol. The molecule has 2 aliphatic rings. The molecule has 2 rings (SSSR count). The van der Waals surface area contributed by atoms with Gasteiger partial charge in [-0.25, -0.2) is 0 Å². The van der Waals surface area contributed by atoms with Crippen LogP contribution >= 0.6 is 0 Å². The Balaban J connectivity index is 2.42. The zero-order valence-electron chi connectivity index (χ0n) is 11.0. The number of hydrogen-bond acceptors (Lipinski definition) is 2. The van der Waals surface area contributed by atoms with Gasteiger partial charge in [0.25, 0.3) is 0 Å². The zero-order chi connectivity index (χ0) is 11.9. The molecular formula is C14H24N2. The first kappa shape index (κ1) is 11.9. The maximum absolute atomic E-state index is 4.00. The van der Waals surface area contributed by atoms with Crippen molar-refractivity contribution in [2.24, 2.45) is 5.92 Å². The minimum atomic E-state index is 0.264. The molecule has 1 saturated heterocycles. The summed E-state index contributed by atoms with van der Waals surface area (Å²) in [7, 11) is 2.21. The molecule has 3 unspecified atom stereocenters. The van der Waals surface area contributed by atoms with E-state index >= 15 is 0 Å². The van der Waals surface area contributed by atoms with E-state index in [1.165, 1.54) is 6.42 Å². The third-order valence-electron chi connectivity index (χ3n) is 4.38. The van der Waals surface area contributed by atoms with Crippen LogP contribution in [0.1, 0.15) is 27.2 Å². The molecule has 0 spiro atoms. The quantitative estimate of drug-likeness (QED) is 0.660. The van der Waals surface area contributed by atoms with E-state index in [4.69, 9.17) is 0 Å². The molecule has 0 aromatic rings. The van der Waals surface area contributed by atoms with Gasteiger partial charge in [-0.1, -0.05) is 31.6 Å². The van der Waals surface area contributed by atoms with Crippen molar-refractivity contribution in [3.8, 4) is 0 Å². The molecular weight excluding hydrogens is 196 g/mol. The van der Waals surface area contributed by atoms with Gasteiger partial charge in [0.1, 0.15) is 0 Å². The van der Waals surface area contributed by atoms with Gasteiger partial charge in [-0.05, 0) is 26.3 Å². The topological polar surface area (TPSA) is 6.48 Å². The van der Waals surface area contributed by atoms with Crippen molar-refractivity contribution in [3.63, 3.8) is 0 Å². The molecule has 0 bridgehead atoms. The van der Waals surface area contributed by atoms with E-state index in [1.54, 1.807) is 5.57 Å². The third kappa shape index (κ3) is 1.47. The fourth-order valence-corrected chi connectivity index (χ4v) is 3.57. The Hall–Kier alpha value is -0.600. The second-order valence-corrected chi connectivity index (χ2v) is 5.43. The van der Waals surface area contributed by atoms with Gasteiger partial charge in [0.2, 0.25) is 0 Å². The van der Waals surface area contributed by atoms with Crippen molar-refractivity contribution in [1.29, 1.82) is 0 Å². The van der Waals surface area contributed by atoms with Crippen molar-refractivity contribution < 1.29 is 0 Å². The van der Waals surface area contributed by atoms with Crippen LogP contribution < -0.4 is 0 Å². The lowest BCUT2D eigenvalue weighted by Crippen LogP contribution is -2.53. The molecule has 0 aromatic heterocycles. The van der Waals surface area contributed by atoms with E-state index in [-0.39, 0.29) is 5.54 Å². The normalized spacial score (nSPS) is 40.6. The summed E-state index contributed by atoms with van der Waals surface area (Å²) in [6.45, 7) is 13.2. The Labute approximate surface area is 99.6 Å². The summed E-state index contributed by atoms with van der Waals surface area (Å²) in [6.07, 6.45) is 6.14. The summed E-state index contributed by atoms with van der Waals surface area (Å²) in [5.41, 5.74) is 1.81. The molecule has 0 saturated carbocycles. The van der Waals surface area contributed by atoms with Crippen molar-refractivity contribution >= 4 is 0 Å². The molecule has 90 valence electrons. The lowest BCUT2D eigenvalue weighted by Gasteiger charge is -2.44. The molecule has 0 aliphatic carbocycles. The molecule has 16 heavy (non-hydrogen) atoms. The Morgan fingerprint density at radius 3 is 2.88 bits per heavy atom. The summed E-state index contributed by atoms with van der Waals surface area (Å²) in [6, 6.07) is 0. The Kier molecular flexibility index (Phi) is 2.97. The second-order valence-electron chi connectivity index (χ2n) is 5.43. The predicted octanol–water partition coefficient (Wildman–Crippen LogP) is 2.49. The van der Waals surface area contributed by atoms with Gasteiger partial charge in [-0.2, -0.15) is 0 Å². The van der Waals surface area contributed by atoms with Crippen LogP contribution in [0.3, 0.4) is 0 Å².